The predicted molar refractivity (Wildman–Crippen MR) is 93.6 cm³/mol. The highest BCUT2D eigenvalue weighted by atomic mass is 32.1. The zero-order valence-electron chi connectivity index (χ0n) is 13.4. The first-order chi connectivity index (χ1) is 12.1. The number of nitrogens with one attached hydrogen (secondary N) is 1. The number of ether oxygens (including phenoxy) is 1. The van der Waals surface area contributed by atoms with Crippen LogP contribution in [0.1, 0.15) is 26.8 Å². The second-order valence-corrected chi connectivity index (χ2v) is 6.27. The van der Waals surface area contributed by atoms with Crippen molar-refractivity contribution in [2.24, 2.45) is 5.10 Å². The van der Waals surface area contributed by atoms with E-state index in [1.54, 1.807) is 18.2 Å². The number of aryl methyl sites for hydroxylation is 1. The Labute approximate surface area is 147 Å². The average Bonchev–Trinajstić information content (AvgIpc) is 3.23. The van der Waals surface area contributed by atoms with Gasteiger partial charge in [0.25, 0.3) is 0 Å². The number of nitrogens with zero attached hydrogens (tertiary/aromatic N) is 1. The number of rotatable bonds is 6. The third kappa shape index (κ3) is 4.77. The highest BCUT2D eigenvalue weighted by Crippen LogP contribution is 2.15. The standard InChI is InChI=1S/C18H15FN2O3S/c1-12-2-4-13(5-3-12)23-11-14-6-8-16(24-14)18(22)21-20-10-15-7-9-17(19)25-15/h2-10H,11H2,1H3,(H,21,22)/b20-10+. The van der Waals surface area contributed by atoms with E-state index in [2.05, 4.69) is 10.5 Å². The van der Waals surface area contributed by atoms with Crippen LogP contribution in [-0.2, 0) is 6.61 Å². The summed E-state index contributed by atoms with van der Waals surface area (Å²) in [7, 11) is 0. The van der Waals surface area contributed by atoms with E-state index < -0.39 is 5.91 Å². The SMILES string of the molecule is Cc1ccc(OCc2ccc(C(=O)N/N=C/c3ccc(F)s3)o2)cc1. The molecular weight excluding hydrogens is 343 g/mol. The molecule has 3 aromatic rings. The maximum atomic E-state index is 12.8. The fraction of sp³-hybridized carbons (Fsp3) is 0.111. The first-order valence-corrected chi connectivity index (χ1v) is 8.29. The molecule has 3 rings (SSSR count). The van der Waals surface area contributed by atoms with Gasteiger partial charge in [-0.2, -0.15) is 9.49 Å². The van der Waals surface area contributed by atoms with E-state index in [9.17, 15) is 9.18 Å². The van der Waals surface area contributed by atoms with Gasteiger partial charge >= 0.3 is 5.91 Å². The van der Waals surface area contributed by atoms with Crippen LogP contribution < -0.4 is 10.2 Å². The zero-order valence-corrected chi connectivity index (χ0v) is 14.2. The van der Waals surface area contributed by atoms with Gasteiger partial charge in [-0.1, -0.05) is 17.7 Å². The summed E-state index contributed by atoms with van der Waals surface area (Å²) < 4.78 is 23.9. The molecule has 7 heteroatoms. The summed E-state index contributed by atoms with van der Waals surface area (Å²) in [6, 6.07) is 13.8. The third-order valence-corrected chi connectivity index (χ3v) is 4.05. The molecule has 0 radical (unpaired) electrons. The van der Waals surface area contributed by atoms with Crippen LogP contribution in [0.15, 0.2) is 58.0 Å². The van der Waals surface area contributed by atoms with Gasteiger partial charge in [0.2, 0.25) is 0 Å². The van der Waals surface area contributed by atoms with Crippen LogP contribution >= 0.6 is 11.3 Å². The lowest BCUT2D eigenvalue weighted by atomic mass is 10.2. The summed E-state index contributed by atoms with van der Waals surface area (Å²) in [5, 5.41) is 3.46. The fourth-order valence-electron chi connectivity index (χ4n) is 1.97. The normalized spacial score (nSPS) is 11.0. The minimum atomic E-state index is -0.491. The van der Waals surface area contributed by atoms with Gasteiger partial charge in [-0.05, 0) is 43.3 Å². The van der Waals surface area contributed by atoms with Gasteiger partial charge in [-0.25, -0.2) is 5.43 Å². The van der Waals surface area contributed by atoms with Crippen LogP contribution in [0.2, 0.25) is 0 Å². The summed E-state index contributed by atoms with van der Waals surface area (Å²) in [4.78, 5) is 12.5. The molecule has 0 spiro atoms. The quantitative estimate of drug-likeness (QED) is 0.532. The molecule has 2 aromatic heterocycles. The topological polar surface area (TPSA) is 63.8 Å². The monoisotopic (exact) mass is 358 g/mol. The van der Waals surface area contributed by atoms with Crippen molar-refractivity contribution in [3.8, 4) is 5.75 Å². The van der Waals surface area contributed by atoms with Crippen LogP contribution in [0.4, 0.5) is 4.39 Å². The molecule has 5 nitrogen and oxygen atoms in total. The van der Waals surface area contributed by atoms with Crippen LogP contribution in [-0.4, -0.2) is 12.1 Å². The number of carbonyl (C=O) groups excluding carboxylic acids is 1. The Morgan fingerprint density at radius 3 is 2.76 bits per heavy atom. The van der Waals surface area contributed by atoms with E-state index in [0.29, 0.717) is 10.6 Å². The molecule has 0 atom stereocenters. The molecule has 128 valence electrons. The van der Waals surface area contributed by atoms with Gasteiger partial charge in [0, 0.05) is 0 Å². The van der Waals surface area contributed by atoms with E-state index in [1.165, 1.54) is 12.3 Å². The lowest BCUT2D eigenvalue weighted by Crippen LogP contribution is -2.16. The summed E-state index contributed by atoms with van der Waals surface area (Å²) in [6.45, 7) is 2.21. The smallest absolute Gasteiger partial charge is 0.307 e. The molecule has 1 N–H and O–H groups in total. The number of thiophene rings is 1. The lowest BCUT2D eigenvalue weighted by Gasteiger charge is -2.04. The molecule has 0 unspecified atom stereocenters. The highest BCUT2D eigenvalue weighted by Gasteiger charge is 2.11. The molecule has 1 aromatic carbocycles. The molecule has 0 fully saturated rings. The second kappa shape index (κ2) is 7.76. The number of amides is 1. The van der Waals surface area contributed by atoms with Crippen molar-refractivity contribution < 1.29 is 18.3 Å². The Morgan fingerprint density at radius 2 is 2.04 bits per heavy atom. The Hall–Kier alpha value is -2.93. The molecule has 1 amide bonds. The largest absolute Gasteiger partial charge is 0.486 e. The van der Waals surface area contributed by atoms with Crippen LogP contribution in [0.25, 0.3) is 0 Å². The van der Waals surface area contributed by atoms with Gasteiger partial charge in [0.15, 0.2) is 10.9 Å². The summed E-state index contributed by atoms with van der Waals surface area (Å²) in [5.74, 6) is 0.877. The zero-order chi connectivity index (χ0) is 17.6. The Balaban J connectivity index is 1.52. The van der Waals surface area contributed by atoms with E-state index in [-0.39, 0.29) is 17.5 Å². The van der Waals surface area contributed by atoms with Gasteiger partial charge in [-0.3, -0.25) is 4.79 Å². The maximum Gasteiger partial charge on any atom is 0.307 e. The Morgan fingerprint density at radius 1 is 1.24 bits per heavy atom. The molecule has 0 aliphatic carbocycles. The molecule has 0 aliphatic rings. The summed E-state index contributed by atoms with van der Waals surface area (Å²) >= 11 is 0.937. The minimum Gasteiger partial charge on any atom is -0.486 e. The van der Waals surface area contributed by atoms with Crippen molar-refractivity contribution >= 4 is 23.5 Å². The molecule has 25 heavy (non-hydrogen) atoms. The van der Waals surface area contributed by atoms with Crippen molar-refractivity contribution in [2.75, 3.05) is 0 Å². The molecular formula is C18H15FN2O3S. The molecule has 0 aliphatic heterocycles. The van der Waals surface area contributed by atoms with E-state index in [0.717, 1.165) is 22.6 Å². The number of furan rings is 1. The van der Waals surface area contributed by atoms with Crippen LogP contribution in [0.5, 0.6) is 5.75 Å². The number of hydrazone groups is 1. The number of hydrogen-bond donors (Lipinski definition) is 1. The lowest BCUT2D eigenvalue weighted by molar-refractivity contribution is 0.0923. The van der Waals surface area contributed by atoms with Crippen LogP contribution in [0, 0.1) is 12.1 Å². The Kier molecular flexibility index (Phi) is 5.25. The van der Waals surface area contributed by atoms with Gasteiger partial charge < -0.3 is 9.15 Å². The predicted octanol–water partition coefficient (Wildman–Crippen LogP) is 4.13. The van der Waals surface area contributed by atoms with Crippen molar-refractivity contribution in [3.05, 3.63) is 75.6 Å². The van der Waals surface area contributed by atoms with Gasteiger partial charge in [-0.15, -0.1) is 11.3 Å². The second-order valence-electron chi connectivity index (χ2n) is 5.21. The van der Waals surface area contributed by atoms with E-state index in [1.807, 2.05) is 31.2 Å². The first kappa shape index (κ1) is 16.9. The number of hydrogen-bond acceptors (Lipinski definition) is 5. The molecule has 0 saturated heterocycles. The molecule has 2 heterocycles. The van der Waals surface area contributed by atoms with Crippen molar-refractivity contribution in [3.63, 3.8) is 0 Å². The Bertz CT molecular complexity index is 884. The molecule has 0 saturated carbocycles. The maximum absolute atomic E-state index is 12.8. The van der Waals surface area contributed by atoms with Crippen molar-refractivity contribution in [1.29, 1.82) is 0 Å². The summed E-state index contributed by atoms with van der Waals surface area (Å²) in [6.07, 6.45) is 1.37. The van der Waals surface area contributed by atoms with Gasteiger partial charge in [0.1, 0.15) is 18.1 Å². The average molecular weight is 358 g/mol. The first-order valence-electron chi connectivity index (χ1n) is 7.47. The van der Waals surface area contributed by atoms with E-state index >= 15 is 0 Å². The minimum absolute atomic E-state index is 0.122. The number of benzene rings is 1. The van der Waals surface area contributed by atoms with Gasteiger partial charge in [0.05, 0.1) is 11.1 Å². The molecule has 0 bridgehead atoms. The summed E-state index contributed by atoms with van der Waals surface area (Å²) in [5.41, 5.74) is 3.48. The van der Waals surface area contributed by atoms with Crippen molar-refractivity contribution in [2.45, 2.75) is 13.5 Å². The third-order valence-electron chi connectivity index (χ3n) is 3.24. The van der Waals surface area contributed by atoms with E-state index in [4.69, 9.17) is 9.15 Å². The number of carbonyl (C=O) groups is 1. The van der Waals surface area contributed by atoms with Crippen molar-refractivity contribution in [1.82, 2.24) is 5.43 Å². The highest BCUT2D eigenvalue weighted by molar-refractivity contribution is 7.12. The van der Waals surface area contributed by atoms with Crippen LogP contribution in [0.3, 0.4) is 0 Å². The fourth-order valence-corrected chi connectivity index (χ4v) is 2.58. The number of halogens is 1.